The van der Waals surface area contributed by atoms with Crippen molar-refractivity contribution in [2.45, 2.75) is 20.3 Å². The highest BCUT2D eigenvalue weighted by Gasteiger charge is 2.22. The average Bonchev–Trinajstić information content (AvgIpc) is 3.23. The number of nitrogens with one attached hydrogen (secondary N) is 2. The smallest absolute Gasteiger partial charge is 0.222 e. The molecule has 152 valence electrons. The van der Waals surface area contributed by atoms with Gasteiger partial charge in [0, 0.05) is 44.5 Å². The topological polar surface area (TPSA) is 114 Å². The van der Waals surface area contributed by atoms with Gasteiger partial charge in [-0.15, -0.1) is 10.2 Å². The van der Waals surface area contributed by atoms with Gasteiger partial charge >= 0.3 is 0 Å². The molecule has 1 fully saturated rings. The van der Waals surface area contributed by atoms with Crippen molar-refractivity contribution in [1.29, 1.82) is 5.26 Å². The first-order valence-corrected chi connectivity index (χ1v) is 9.78. The highest BCUT2D eigenvalue weighted by atomic mass is 35.5. The third-order valence-electron chi connectivity index (χ3n) is 4.59. The van der Waals surface area contributed by atoms with E-state index in [0.29, 0.717) is 30.5 Å². The van der Waals surface area contributed by atoms with Crippen molar-refractivity contribution in [3.63, 3.8) is 0 Å². The number of rotatable bonds is 6. The first-order valence-electron chi connectivity index (χ1n) is 9.41. The number of benzene rings is 1. The van der Waals surface area contributed by atoms with Gasteiger partial charge in [-0.1, -0.05) is 25.4 Å². The van der Waals surface area contributed by atoms with E-state index in [0.717, 1.165) is 24.5 Å². The molecule has 0 spiro atoms. The maximum Gasteiger partial charge on any atom is 0.222 e. The number of halogens is 1. The molecule has 1 aromatic heterocycles. The van der Waals surface area contributed by atoms with Gasteiger partial charge in [0.25, 0.3) is 0 Å². The molecule has 9 nitrogen and oxygen atoms in total. The highest BCUT2D eigenvalue weighted by Crippen LogP contribution is 2.30. The summed E-state index contributed by atoms with van der Waals surface area (Å²) in [6.07, 6.45) is 2.10. The average molecular weight is 415 g/mol. The van der Waals surface area contributed by atoms with Gasteiger partial charge in [0.1, 0.15) is 11.6 Å². The van der Waals surface area contributed by atoms with Crippen LogP contribution in [0.15, 0.2) is 24.4 Å². The Balaban J connectivity index is 1.62. The van der Waals surface area contributed by atoms with Crippen LogP contribution in [0, 0.1) is 17.2 Å². The molecular formula is C19H23ClN8O. The number of anilines is 2. The summed E-state index contributed by atoms with van der Waals surface area (Å²) in [5, 5.41) is 26.2. The number of hydrogen-bond donors (Lipinski definition) is 2. The van der Waals surface area contributed by atoms with Crippen molar-refractivity contribution >= 4 is 34.5 Å². The summed E-state index contributed by atoms with van der Waals surface area (Å²) in [5.74, 6) is 0.797. The molecule has 0 bridgehead atoms. The zero-order valence-corrected chi connectivity index (χ0v) is 17.1. The van der Waals surface area contributed by atoms with Crippen molar-refractivity contribution in [1.82, 2.24) is 25.5 Å². The van der Waals surface area contributed by atoms with E-state index in [1.54, 1.807) is 6.07 Å². The van der Waals surface area contributed by atoms with Crippen molar-refractivity contribution in [3.05, 3.63) is 35.2 Å². The Morgan fingerprint density at radius 1 is 1.38 bits per heavy atom. The summed E-state index contributed by atoms with van der Waals surface area (Å²) in [6.45, 7) is 6.99. The molecule has 1 aliphatic rings. The number of aromatic nitrogens is 4. The molecule has 1 amide bonds. The summed E-state index contributed by atoms with van der Waals surface area (Å²) in [5.41, 5.74) is 1.91. The Morgan fingerprint density at radius 3 is 2.72 bits per heavy atom. The van der Waals surface area contributed by atoms with Crippen LogP contribution in [0.5, 0.6) is 0 Å². The van der Waals surface area contributed by atoms with Crippen LogP contribution < -0.4 is 10.2 Å². The molecular weight excluding hydrogens is 392 g/mol. The van der Waals surface area contributed by atoms with Gasteiger partial charge in [0.15, 0.2) is 0 Å². The summed E-state index contributed by atoms with van der Waals surface area (Å²) < 4.78 is 0. The number of carbonyl (C=O) groups is 1. The number of nitrogens with zero attached hydrogens (tertiary/aromatic N) is 6. The Hall–Kier alpha value is -3.12. The number of H-pyrrole nitrogens is 1. The second-order valence-corrected chi connectivity index (χ2v) is 7.59. The van der Waals surface area contributed by atoms with E-state index in [9.17, 15) is 10.1 Å². The number of allylic oxidation sites excluding steroid dienone is 1. The third kappa shape index (κ3) is 5.23. The molecule has 10 heteroatoms. The predicted octanol–water partition coefficient (Wildman–Crippen LogP) is 2.52. The van der Waals surface area contributed by atoms with E-state index in [-0.39, 0.29) is 17.3 Å². The van der Waals surface area contributed by atoms with Gasteiger partial charge in [0.05, 0.1) is 10.7 Å². The van der Waals surface area contributed by atoms with Crippen LogP contribution in [0.3, 0.4) is 0 Å². The van der Waals surface area contributed by atoms with Crippen LogP contribution in [0.4, 0.5) is 11.4 Å². The summed E-state index contributed by atoms with van der Waals surface area (Å²) in [6, 6.07) is 7.64. The number of aromatic amines is 1. The van der Waals surface area contributed by atoms with Gasteiger partial charge in [-0.05, 0) is 29.3 Å². The molecule has 2 aromatic rings. The molecule has 1 aromatic carbocycles. The Labute approximate surface area is 174 Å². The number of nitriles is 1. The lowest BCUT2D eigenvalue weighted by molar-refractivity contribution is -0.132. The van der Waals surface area contributed by atoms with Crippen molar-refractivity contribution < 1.29 is 4.79 Å². The standard InChI is InChI=1S/C19H23ClN8O/c1-13(2)9-18(29)28-7-5-27(6-8-28)17-4-3-15(10-16(17)20)22-12-14(11-21)19-23-25-26-24-19/h3-4,10,12-13,22H,5-9H2,1-2H3,(H,23,24,25,26). The van der Waals surface area contributed by atoms with Crippen molar-refractivity contribution in [2.24, 2.45) is 5.92 Å². The molecule has 3 rings (SSSR count). The largest absolute Gasteiger partial charge is 0.367 e. The van der Waals surface area contributed by atoms with E-state index in [2.05, 4.69) is 44.7 Å². The Morgan fingerprint density at radius 2 is 2.14 bits per heavy atom. The fourth-order valence-electron chi connectivity index (χ4n) is 3.11. The molecule has 0 aliphatic carbocycles. The highest BCUT2D eigenvalue weighted by molar-refractivity contribution is 6.33. The molecule has 0 unspecified atom stereocenters. The van der Waals surface area contributed by atoms with Crippen LogP contribution in [0.25, 0.3) is 5.57 Å². The van der Waals surface area contributed by atoms with Crippen LogP contribution in [-0.4, -0.2) is 57.6 Å². The molecule has 2 heterocycles. The number of hydrogen-bond acceptors (Lipinski definition) is 7. The molecule has 29 heavy (non-hydrogen) atoms. The van der Waals surface area contributed by atoms with Gasteiger partial charge in [0.2, 0.25) is 11.7 Å². The van der Waals surface area contributed by atoms with Gasteiger partial charge in [-0.2, -0.15) is 10.5 Å². The SMILES string of the molecule is CC(C)CC(=O)N1CCN(c2ccc(NC=C(C#N)c3nn[nH]n3)cc2Cl)CC1. The lowest BCUT2D eigenvalue weighted by Crippen LogP contribution is -2.49. The van der Waals surface area contributed by atoms with Crippen LogP contribution in [0.1, 0.15) is 26.1 Å². The monoisotopic (exact) mass is 414 g/mol. The zero-order chi connectivity index (χ0) is 20.8. The Bertz CT molecular complexity index is 911. The third-order valence-corrected chi connectivity index (χ3v) is 4.90. The number of piperazine rings is 1. The zero-order valence-electron chi connectivity index (χ0n) is 16.4. The van der Waals surface area contributed by atoms with Crippen molar-refractivity contribution in [2.75, 3.05) is 36.4 Å². The maximum absolute atomic E-state index is 12.2. The van der Waals surface area contributed by atoms with E-state index >= 15 is 0 Å². The minimum atomic E-state index is 0.215. The number of tetrazole rings is 1. The fraction of sp³-hybridized carbons (Fsp3) is 0.421. The summed E-state index contributed by atoms with van der Waals surface area (Å²) in [4.78, 5) is 16.3. The summed E-state index contributed by atoms with van der Waals surface area (Å²) in [7, 11) is 0. The molecule has 1 saturated heterocycles. The van der Waals surface area contributed by atoms with Gasteiger partial charge < -0.3 is 15.1 Å². The first-order chi connectivity index (χ1) is 14.0. The first kappa shape index (κ1) is 20.6. The van der Waals surface area contributed by atoms with Crippen LogP contribution in [-0.2, 0) is 4.79 Å². The lowest BCUT2D eigenvalue weighted by atomic mass is 10.1. The van der Waals surface area contributed by atoms with E-state index < -0.39 is 0 Å². The molecule has 1 aliphatic heterocycles. The van der Waals surface area contributed by atoms with Gasteiger partial charge in [-0.3, -0.25) is 4.79 Å². The fourth-order valence-corrected chi connectivity index (χ4v) is 3.41. The van der Waals surface area contributed by atoms with E-state index in [1.165, 1.54) is 6.20 Å². The number of carbonyl (C=O) groups excluding carboxylic acids is 1. The normalized spacial score (nSPS) is 14.8. The van der Waals surface area contributed by atoms with E-state index in [4.69, 9.17) is 11.6 Å². The predicted molar refractivity (Wildman–Crippen MR) is 111 cm³/mol. The second-order valence-electron chi connectivity index (χ2n) is 7.18. The van der Waals surface area contributed by atoms with Crippen LogP contribution in [0.2, 0.25) is 5.02 Å². The van der Waals surface area contributed by atoms with E-state index in [1.807, 2.05) is 23.1 Å². The quantitative estimate of drug-likeness (QED) is 0.698. The number of amides is 1. The van der Waals surface area contributed by atoms with Crippen molar-refractivity contribution in [3.8, 4) is 6.07 Å². The summed E-state index contributed by atoms with van der Waals surface area (Å²) >= 11 is 6.49. The lowest BCUT2D eigenvalue weighted by Gasteiger charge is -2.36. The second kappa shape index (κ2) is 9.39. The minimum Gasteiger partial charge on any atom is -0.367 e. The van der Waals surface area contributed by atoms with Crippen LogP contribution >= 0.6 is 11.6 Å². The Kier molecular flexibility index (Phi) is 6.67. The molecule has 0 atom stereocenters. The molecule has 0 radical (unpaired) electrons. The van der Waals surface area contributed by atoms with Gasteiger partial charge in [-0.25, -0.2) is 0 Å². The molecule has 2 N–H and O–H groups in total. The maximum atomic E-state index is 12.2. The minimum absolute atomic E-state index is 0.215. The molecule has 0 saturated carbocycles.